The summed E-state index contributed by atoms with van der Waals surface area (Å²) in [4.78, 5) is 23.7. The topological polar surface area (TPSA) is 67.4 Å². The Morgan fingerprint density at radius 1 is 1.04 bits per heavy atom. The summed E-state index contributed by atoms with van der Waals surface area (Å²) >= 11 is 5.24. The number of amides is 1. The van der Waals surface area contributed by atoms with Crippen molar-refractivity contribution in [2.75, 3.05) is 7.11 Å². The summed E-state index contributed by atoms with van der Waals surface area (Å²) in [6, 6.07) is 16.1. The van der Waals surface area contributed by atoms with Crippen LogP contribution < -0.4 is 10.6 Å². The van der Waals surface area contributed by atoms with Gasteiger partial charge in [0.05, 0.1) is 18.7 Å². The minimum atomic E-state index is -0.446. The SMILES string of the molecule is CCC(NC(=S)NC(=O)c1ccc(C(=O)OC)cc1)c1ccccc1. The van der Waals surface area contributed by atoms with Gasteiger partial charge in [-0.05, 0) is 48.5 Å². The second-order valence-electron chi connectivity index (χ2n) is 5.37. The van der Waals surface area contributed by atoms with Crippen molar-refractivity contribution in [1.29, 1.82) is 0 Å². The first-order valence-corrected chi connectivity index (χ1v) is 8.31. The fourth-order valence-electron chi connectivity index (χ4n) is 2.35. The van der Waals surface area contributed by atoms with E-state index in [1.54, 1.807) is 12.1 Å². The number of esters is 1. The molecule has 1 amide bonds. The van der Waals surface area contributed by atoms with E-state index in [1.807, 2.05) is 37.3 Å². The maximum atomic E-state index is 12.3. The Morgan fingerprint density at radius 3 is 2.20 bits per heavy atom. The summed E-state index contributed by atoms with van der Waals surface area (Å²) in [6.45, 7) is 2.04. The molecule has 5 nitrogen and oxygen atoms in total. The molecule has 1 unspecified atom stereocenters. The first-order valence-electron chi connectivity index (χ1n) is 7.90. The minimum Gasteiger partial charge on any atom is -0.465 e. The molecule has 0 aliphatic heterocycles. The van der Waals surface area contributed by atoms with Crippen LogP contribution in [0, 0.1) is 0 Å². The van der Waals surface area contributed by atoms with Crippen LogP contribution in [0.15, 0.2) is 54.6 Å². The quantitative estimate of drug-likeness (QED) is 0.636. The van der Waals surface area contributed by atoms with Crippen LogP contribution in [-0.4, -0.2) is 24.1 Å². The predicted octanol–water partition coefficient (Wildman–Crippen LogP) is 3.23. The van der Waals surface area contributed by atoms with E-state index in [9.17, 15) is 9.59 Å². The van der Waals surface area contributed by atoms with Crippen LogP contribution >= 0.6 is 12.2 Å². The van der Waals surface area contributed by atoms with E-state index >= 15 is 0 Å². The van der Waals surface area contributed by atoms with Crippen LogP contribution in [0.25, 0.3) is 0 Å². The van der Waals surface area contributed by atoms with Crippen LogP contribution in [0.2, 0.25) is 0 Å². The Kier molecular flexibility index (Phi) is 6.65. The number of carbonyl (C=O) groups excluding carboxylic acids is 2. The van der Waals surface area contributed by atoms with Gasteiger partial charge in [-0.3, -0.25) is 10.1 Å². The molecule has 1 atom stereocenters. The maximum absolute atomic E-state index is 12.3. The van der Waals surface area contributed by atoms with E-state index in [-0.39, 0.29) is 17.1 Å². The van der Waals surface area contributed by atoms with E-state index < -0.39 is 5.97 Å². The minimum absolute atomic E-state index is 0.0238. The molecule has 2 aromatic rings. The smallest absolute Gasteiger partial charge is 0.337 e. The Bertz CT molecular complexity index is 745. The van der Waals surface area contributed by atoms with Crippen LogP contribution in [-0.2, 0) is 4.74 Å². The van der Waals surface area contributed by atoms with Crippen LogP contribution in [0.4, 0.5) is 0 Å². The molecular weight excluding hydrogens is 336 g/mol. The van der Waals surface area contributed by atoms with E-state index in [2.05, 4.69) is 15.4 Å². The van der Waals surface area contributed by atoms with E-state index in [0.29, 0.717) is 11.1 Å². The lowest BCUT2D eigenvalue weighted by molar-refractivity contribution is 0.0600. The van der Waals surface area contributed by atoms with Gasteiger partial charge in [0.15, 0.2) is 5.11 Å². The lowest BCUT2D eigenvalue weighted by Gasteiger charge is -2.19. The molecule has 0 saturated carbocycles. The zero-order chi connectivity index (χ0) is 18.2. The van der Waals surface area contributed by atoms with Crippen molar-refractivity contribution in [2.45, 2.75) is 19.4 Å². The van der Waals surface area contributed by atoms with Gasteiger partial charge in [-0.25, -0.2) is 4.79 Å². The van der Waals surface area contributed by atoms with Crippen LogP contribution in [0.3, 0.4) is 0 Å². The van der Waals surface area contributed by atoms with Gasteiger partial charge in [0.2, 0.25) is 0 Å². The first-order chi connectivity index (χ1) is 12.0. The second-order valence-corrected chi connectivity index (χ2v) is 5.78. The number of rotatable bonds is 5. The summed E-state index contributed by atoms with van der Waals surface area (Å²) in [7, 11) is 1.31. The van der Waals surface area contributed by atoms with Gasteiger partial charge in [-0.2, -0.15) is 0 Å². The Balaban J connectivity index is 1.97. The van der Waals surface area contributed by atoms with Gasteiger partial charge in [0.1, 0.15) is 0 Å². The standard InChI is InChI=1S/C19H20N2O3S/c1-3-16(13-7-5-4-6-8-13)20-19(25)21-17(22)14-9-11-15(12-10-14)18(23)24-2/h4-12,16H,3H2,1-2H3,(H2,20,21,22,25). The largest absolute Gasteiger partial charge is 0.465 e. The van der Waals surface area contributed by atoms with Crippen LogP contribution in [0.1, 0.15) is 45.7 Å². The maximum Gasteiger partial charge on any atom is 0.337 e. The Hall–Kier alpha value is -2.73. The van der Waals surface area contributed by atoms with E-state index in [1.165, 1.54) is 19.2 Å². The van der Waals surface area contributed by atoms with Gasteiger partial charge in [0.25, 0.3) is 5.91 Å². The fraction of sp³-hybridized carbons (Fsp3) is 0.211. The third-order valence-electron chi connectivity index (χ3n) is 3.71. The summed E-state index contributed by atoms with van der Waals surface area (Å²) in [5.74, 6) is -0.783. The van der Waals surface area contributed by atoms with Crippen molar-refractivity contribution >= 4 is 29.2 Å². The van der Waals surface area contributed by atoms with Crippen molar-refractivity contribution < 1.29 is 14.3 Å². The molecule has 25 heavy (non-hydrogen) atoms. The molecule has 0 aliphatic carbocycles. The summed E-state index contributed by atoms with van der Waals surface area (Å²) < 4.78 is 4.63. The Labute approximate surface area is 152 Å². The zero-order valence-corrected chi connectivity index (χ0v) is 14.9. The molecular formula is C19H20N2O3S. The molecule has 2 N–H and O–H groups in total. The molecule has 0 aliphatic rings. The monoisotopic (exact) mass is 356 g/mol. The summed E-state index contributed by atoms with van der Waals surface area (Å²) in [5, 5.41) is 6.07. The van der Waals surface area contributed by atoms with Gasteiger partial charge in [0, 0.05) is 5.56 Å². The molecule has 0 heterocycles. The first kappa shape index (κ1) is 18.6. The number of benzene rings is 2. The number of hydrogen-bond donors (Lipinski definition) is 2. The van der Waals surface area contributed by atoms with Crippen molar-refractivity contribution in [3.8, 4) is 0 Å². The fourth-order valence-corrected chi connectivity index (χ4v) is 2.59. The third-order valence-corrected chi connectivity index (χ3v) is 3.93. The third kappa shape index (κ3) is 5.12. The molecule has 2 rings (SSSR count). The van der Waals surface area contributed by atoms with Gasteiger partial charge >= 0.3 is 5.97 Å². The zero-order valence-electron chi connectivity index (χ0n) is 14.1. The van der Waals surface area contributed by atoms with Gasteiger partial charge < -0.3 is 10.1 Å². The molecule has 0 bridgehead atoms. The number of carbonyl (C=O) groups is 2. The highest BCUT2D eigenvalue weighted by atomic mass is 32.1. The molecule has 0 radical (unpaired) electrons. The number of ether oxygens (including phenoxy) is 1. The van der Waals surface area contributed by atoms with Gasteiger partial charge in [-0.15, -0.1) is 0 Å². The molecule has 2 aromatic carbocycles. The van der Waals surface area contributed by atoms with Crippen molar-refractivity contribution in [3.63, 3.8) is 0 Å². The highest BCUT2D eigenvalue weighted by Gasteiger charge is 2.13. The molecule has 130 valence electrons. The lowest BCUT2D eigenvalue weighted by Crippen LogP contribution is -2.40. The number of thiocarbonyl (C=S) groups is 1. The average Bonchev–Trinajstić information content (AvgIpc) is 2.66. The normalized spacial score (nSPS) is 11.3. The van der Waals surface area contributed by atoms with Crippen LogP contribution in [0.5, 0.6) is 0 Å². The second kappa shape index (κ2) is 8.94. The molecule has 0 saturated heterocycles. The van der Waals surface area contributed by atoms with Gasteiger partial charge in [-0.1, -0.05) is 37.3 Å². The summed E-state index contributed by atoms with van der Waals surface area (Å²) in [5.41, 5.74) is 1.89. The van der Waals surface area contributed by atoms with Crippen molar-refractivity contribution in [1.82, 2.24) is 10.6 Å². The molecule has 0 fully saturated rings. The highest BCUT2D eigenvalue weighted by Crippen LogP contribution is 2.15. The Morgan fingerprint density at radius 2 is 1.64 bits per heavy atom. The number of hydrogen-bond acceptors (Lipinski definition) is 4. The highest BCUT2D eigenvalue weighted by molar-refractivity contribution is 7.80. The predicted molar refractivity (Wildman–Crippen MR) is 100 cm³/mol. The number of methoxy groups -OCH3 is 1. The lowest BCUT2D eigenvalue weighted by atomic mass is 10.1. The van der Waals surface area contributed by atoms with E-state index in [0.717, 1.165) is 12.0 Å². The van der Waals surface area contributed by atoms with Crippen molar-refractivity contribution in [2.24, 2.45) is 0 Å². The summed E-state index contributed by atoms with van der Waals surface area (Å²) in [6.07, 6.45) is 0.827. The molecule has 0 aromatic heterocycles. The molecule has 6 heteroatoms. The van der Waals surface area contributed by atoms with Crippen molar-refractivity contribution in [3.05, 3.63) is 71.3 Å². The number of nitrogens with one attached hydrogen (secondary N) is 2. The van der Waals surface area contributed by atoms with E-state index in [4.69, 9.17) is 12.2 Å². The molecule has 0 spiro atoms. The average molecular weight is 356 g/mol.